The monoisotopic (exact) mass is 344 g/mol. The normalized spacial score (nSPS) is 17.7. The Morgan fingerprint density at radius 1 is 0.885 bits per heavy atom. The van der Waals surface area contributed by atoms with E-state index in [2.05, 4.69) is 91.0 Å². The SMILES string of the molecule is Cc1cccc(CN2CCCn3cccc3C2c2cc(C)ccc2C)c1. The van der Waals surface area contributed by atoms with E-state index in [-0.39, 0.29) is 0 Å². The number of aromatic nitrogens is 1. The number of hydrogen-bond acceptors (Lipinski definition) is 1. The van der Waals surface area contributed by atoms with E-state index in [0.717, 1.165) is 19.6 Å². The Morgan fingerprint density at radius 2 is 1.73 bits per heavy atom. The van der Waals surface area contributed by atoms with Crippen LogP contribution in [0.15, 0.2) is 60.8 Å². The molecule has 1 aromatic heterocycles. The molecule has 1 unspecified atom stereocenters. The second-order valence-corrected chi connectivity index (χ2v) is 7.70. The molecule has 0 aliphatic carbocycles. The number of nitrogens with zero attached hydrogens (tertiary/aromatic N) is 2. The van der Waals surface area contributed by atoms with Crippen molar-refractivity contribution in [2.24, 2.45) is 0 Å². The predicted molar refractivity (Wildman–Crippen MR) is 108 cm³/mol. The van der Waals surface area contributed by atoms with Crippen LogP contribution in [0.1, 0.15) is 46.0 Å². The summed E-state index contributed by atoms with van der Waals surface area (Å²) in [6, 6.07) is 20.6. The van der Waals surface area contributed by atoms with Gasteiger partial charge in [0.2, 0.25) is 0 Å². The van der Waals surface area contributed by atoms with Crippen LogP contribution in [0.25, 0.3) is 0 Å². The van der Waals surface area contributed by atoms with E-state index in [1.807, 2.05) is 0 Å². The van der Waals surface area contributed by atoms with Gasteiger partial charge in [-0.3, -0.25) is 4.90 Å². The highest BCUT2D eigenvalue weighted by Gasteiger charge is 2.28. The number of rotatable bonds is 3. The Morgan fingerprint density at radius 3 is 2.58 bits per heavy atom. The Balaban J connectivity index is 1.79. The van der Waals surface area contributed by atoms with Crippen LogP contribution in [0.2, 0.25) is 0 Å². The maximum atomic E-state index is 2.66. The Hall–Kier alpha value is -2.32. The molecular formula is C24H28N2. The number of benzene rings is 2. The third-order valence-corrected chi connectivity index (χ3v) is 5.55. The van der Waals surface area contributed by atoms with Crippen LogP contribution in [0.5, 0.6) is 0 Å². The lowest BCUT2D eigenvalue weighted by Gasteiger charge is -2.32. The van der Waals surface area contributed by atoms with Crippen molar-refractivity contribution in [2.75, 3.05) is 6.54 Å². The fourth-order valence-corrected chi connectivity index (χ4v) is 4.27. The summed E-state index contributed by atoms with van der Waals surface area (Å²) < 4.78 is 2.45. The molecule has 0 fully saturated rings. The molecule has 2 heterocycles. The summed E-state index contributed by atoms with van der Waals surface area (Å²) in [6.07, 6.45) is 3.43. The number of aryl methyl sites for hydroxylation is 4. The van der Waals surface area contributed by atoms with E-state index in [9.17, 15) is 0 Å². The predicted octanol–water partition coefficient (Wildman–Crippen LogP) is 5.41. The average Bonchev–Trinajstić information content (AvgIpc) is 3.00. The Kier molecular flexibility index (Phi) is 4.69. The van der Waals surface area contributed by atoms with Crippen LogP contribution in [0, 0.1) is 20.8 Å². The molecule has 2 nitrogen and oxygen atoms in total. The quantitative estimate of drug-likeness (QED) is 0.617. The van der Waals surface area contributed by atoms with Crippen LogP contribution in [0.3, 0.4) is 0 Å². The minimum Gasteiger partial charge on any atom is -0.350 e. The zero-order valence-electron chi connectivity index (χ0n) is 16.1. The summed E-state index contributed by atoms with van der Waals surface area (Å²) in [6.45, 7) is 9.84. The zero-order valence-corrected chi connectivity index (χ0v) is 16.1. The summed E-state index contributed by atoms with van der Waals surface area (Å²) in [4.78, 5) is 2.66. The average molecular weight is 345 g/mol. The van der Waals surface area contributed by atoms with Gasteiger partial charge >= 0.3 is 0 Å². The van der Waals surface area contributed by atoms with Crippen LogP contribution in [0.4, 0.5) is 0 Å². The van der Waals surface area contributed by atoms with Gasteiger partial charge in [0, 0.05) is 31.5 Å². The molecule has 1 aliphatic heterocycles. The van der Waals surface area contributed by atoms with Crippen LogP contribution in [-0.2, 0) is 13.1 Å². The molecule has 0 spiro atoms. The molecule has 134 valence electrons. The summed E-state index contributed by atoms with van der Waals surface area (Å²) >= 11 is 0. The lowest BCUT2D eigenvalue weighted by molar-refractivity contribution is 0.220. The molecule has 1 atom stereocenters. The molecule has 26 heavy (non-hydrogen) atoms. The minimum absolute atomic E-state index is 0.313. The van der Waals surface area contributed by atoms with E-state index < -0.39 is 0 Å². The minimum atomic E-state index is 0.313. The van der Waals surface area contributed by atoms with Gasteiger partial charge in [-0.25, -0.2) is 0 Å². The molecule has 4 rings (SSSR count). The van der Waals surface area contributed by atoms with Crippen molar-refractivity contribution in [1.29, 1.82) is 0 Å². The van der Waals surface area contributed by atoms with Gasteiger partial charge in [0.05, 0.1) is 6.04 Å². The zero-order chi connectivity index (χ0) is 18.1. The molecule has 0 bridgehead atoms. The largest absolute Gasteiger partial charge is 0.350 e. The molecule has 0 N–H and O–H groups in total. The van der Waals surface area contributed by atoms with Crippen molar-refractivity contribution in [3.63, 3.8) is 0 Å². The van der Waals surface area contributed by atoms with Crippen molar-refractivity contribution >= 4 is 0 Å². The highest BCUT2D eigenvalue weighted by molar-refractivity contribution is 5.38. The Labute approximate surface area is 157 Å². The van der Waals surface area contributed by atoms with Crippen molar-refractivity contribution < 1.29 is 0 Å². The van der Waals surface area contributed by atoms with Gasteiger partial charge < -0.3 is 4.57 Å². The Bertz CT molecular complexity index is 906. The molecule has 2 aromatic carbocycles. The van der Waals surface area contributed by atoms with Gasteiger partial charge in [-0.05, 0) is 56.0 Å². The van der Waals surface area contributed by atoms with Gasteiger partial charge in [0.25, 0.3) is 0 Å². The van der Waals surface area contributed by atoms with Gasteiger partial charge in [-0.15, -0.1) is 0 Å². The topological polar surface area (TPSA) is 8.17 Å². The summed E-state index contributed by atoms with van der Waals surface area (Å²) in [5.41, 5.74) is 8.32. The van der Waals surface area contributed by atoms with E-state index >= 15 is 0 Å². The molecule has 0 radical (unpaired) electrons. The molecular weight excluding hydrogens is 316 g/mol. The van der Waals surface area contributed by atoms with Crippen LogP contribution < -0.4 is 0 Å². The van der Waals surface area contributed by atoms with Gasteiger partial charge in [-0.2, -0.15) is 0 Å². The standard InChI is InChI=1S/C24H28N2/c1-18-7-4-8-21(15-18)17-26-14-6-13-25-12-5-9-23(25)24(26)22-16-19(2)10-11-20(22)3/h4-5,7-12,15-16,24H,6,13-14,17H2,1-3H3. The maximum Gasteiger partial charge on any atom is 0.0761 e. The lowest BCUT2D eigenvalue weighted by atomic mass is 9.95. The van der Waals surface area contributed by atoms with Crippen LogP contribution >= 0.6 is 0 Å². The first-order chi connectivity index (χ1) is 12.6. The van der Waals surface area contributed by atoms with E-state index in [4.69, 9.17) is 0 Å². The van der Waals surface area contributed by atoms with Crippen molar-refractivity contribution in [1.82, 2.24) is 9.47 Å². The van der Waals surface area contributed by atoms with E-state index in [1.54, 1.807) is 0 Å². The fourth-order valence-electron chi connectivity index (χ4n) is 4.27. The van der Waals surface area contributed by atoms with Crippen molar-refractivity contribution in [2.45, 2.75) is 46.3 Å². The summed E-state index contributed by atoms with van der Waals surface area (Å²) in [5, 5.41) is 0. The molecule has 0 amide bonds. The maximum absolute atomic E-state index is 2.66. The number of fused-ring (bicyclic) bond motifs is 1. The summed E-state index contributed by atoms with van der Waals surface area (Å²) in [5.74, 6) is 0. The van der Waals surface area contributed by atoms with Crippen LogP contribution in [-0.4, -0.2) is 16.0 Å². The smallest absolute Gasteiger partial charge is 0.0761 e. The van der Waals surface area contributed by atoms with Gasteiger partial charge in [0.15, 0.2) is 0 Å². The van der Waals surface area contributed by atoms with E-state index in [0.29, 0.717) is 6.04 Å². The fraction of sp³-hybridized carbons (Fsp3) is 0.333. The highest BCUT2D eigenvalue weighted by Crippen LogP contribution is 2.35. The van der Waals surface area contributed by atoms with Gasteiger partial charge in [-0.1, -0.05) is 53.6 Å². The van der Waals surface area contributed by atoms with Crippen molar-refractivity contribution in [3.8, 4) is 0 Å². The first kappa shape index (κ1) is 17.1. The second kappa shape index (κ2) is 7.13. The molecule has 1 aliphatic rings. The lowest BCUT2D eigenvalue weighted by Crippen LogP contribution is -2.30. The first-order valence-electron chi connectivity index (χ1n) is 9.63. The first-order valence-corrected chi connectivity index (χ1v) is 9.63. The van der Waals surface area contributed by atoms with Crippen molar-refractivity contribution in [3.05, 3.63) is 94.3 Å². The molecule has 2 heteroatoms. The third kappa shape index (κ3) is 3.34. The van der Waals surface area contributed by atoms with E-state index in [1.165, 1.54) is 39.9 Å². The number of hydrogen-bond donors (Lipinski definition) is 0. The molecule has 3 aromatic rings. The highest BCUT2D eigenvalue weighted by atomic mass is 15.2. The third-order valence-electron chi connectivity index (χ3n) is 5.55. The molecule has 0 saturated heterocycles. The van der Waals surface area contributed by atoms with Gasteiger partial charge in [0.1, 0.15) is 0 Å². The second-order valence-electron chi connectivity index (χ2n) is 7.70. The molecule has 0 saturated carbocycles. The summed E-state index contributed by atoms with van der Waals surface area (Å²) in [7, 11) is 0.